The lowest BCUT2D eigenvalue weighted by molar-refractivity contribution is 0.189. The normalized spacial score (nSPS) is 23.6. The Hall–Kier alpha value is -0.160. The number of nitrogens with zero attached hydrogens (tertiary/aromatic N) is 2. The molecule has 0 bridgehead atoms. The molecule has 0 saturated carbocycles. The van der Waals surface area contributed by atoms with Crippen molar-refractivity contribution >= 4 is 0 Å². The zero-order valence-electron chi connectivity index (χ0n) is 10.4. The Morgan fingerprint density at radius 2 is 2.20 bits per heavy atom. The van der Waals surface area contributed by atoms with Gasteiger partial charge in [-0.2, -0.15) is 0 Å². The highest BCUT2D eigenvalue weighted by Gasteiger charge is 2.17. The molecule has 4 nitrogen and oxygen atoms in total. The molecule has 15 heavy (non-hydrogen) atoms. The lowest BCUT2D eigenvalue weighted by atomic mass is 10.1. The molecular formula is C11H26N4. The van der Waals surface area contributed by atoms with Crippen molar-refractivity contribution in [2.75, 3.05) is 60.4 Å². The highest BCUT2D eigenvalue weighted by Crippen LogP contribution is 2.02. The molecule has 1 saturated heterocycles. The van der Waals surface area contributed by atoms with Gasteiger partial charge in [0.25, 0.3) is 0 Å². The average Bonchev–Trinajstić information content (AvgIpc) is 2.20. The van der Waals surface area contributed by atoms with Gasteiger partial charge in [-0.05, 0) is 34.1 Å². The van der Waals surface area contributed by atoms with Gasteiger partial charge in [0.1, 0.15) is 0 Å². The molecule has 1 aliphatic rings. The van der Waals surface area contributed by atoms with E-state index in [1.54, 1.807) is 0 Å². The SMILES string of the molecule is CN(C)CCNCCC1CNCCN1C. The summed E-state index contributed by atoms with van der Waals surface area (Å²) in [6.45, 7) is 6.81. The lowest BCUT2D eigenvalue weighted by Crippen LogP contribution is -2.50. The minimum Gasteiger partial charge on any atom is -0.315 e. The number of likely N-dealkylation sites (N-methyl/N-ethyl adjacent to an activating group) is 2. The number of piperazine rings is 1. The third kappa shape index (κ3) is 5.47. The molecule has 0 aromatic heterocycles. The van der Waals surface area contributed by atoms with Gasteiger partial charge in [0.15, 0.2) is 0 Å². The van der Waals surface area contributed by atoms with Crippen molar-refractivity contribution in [1.82, 2.24) is 20.4 Å². The fourth-order valence-electron chi connectivity index (χ4n) is 1.88. The summed E-state index contributed by atoms with van der Waals surface area (Å²) in [6.07, 6.45) is 1.25. The molecule has 90 valence electrons. The molecule has 0 aromatic carbocycles. The van der Waals surface area contributed by atoms with Crippen LogP contribution < -0.4 is 10.6 Å². The molecule has 1 fully saturated rings. The molecule has 0 spiro atoms. The molecule has 1 aliphatic heterocycles. The second kappa shape index (κ2) is 7.17. The maximum absolute atomic E-state index is 3.49. The average molecular weight is 214 g/mol. The van der Waals surface area contributed by atoms with Crippen LogP contribution >= 0.6 is 0 Å². The third-order valence-electron chi connectivity index (χ3n) is 3.03. The van der Waals surface area contributed by atoms with Gasteiger partial charge in [-0.1, -0.05) is 0 Å². The predicted octanol–water partition coefficient (Wildman–Crippen LogP) is -0.569. The van der Waals surface area contributed by atoms with E-state index in [2.05, 4.69) is 41.6 Å². The van der Waals surface area contributed by atoms with Crippen LogP contribution in [0.4, 0.5) is 0 Å². The minimum atomic E-state index is 0.714. The molecule has 0 aromatic rings. The summed E-state index contributed by atoms with van der Waals surface area (Å²) in [6, 6.07) is 0.714. The fourth-order valence-corrected chi connectivity index (χ4v) is 1.88. The fraction of sp³-hybridized carbons (Fsp3) is 1.00. The third-order valence-corrected chi connectivity index (χ3v) is 3.03. The van der Waals surface area contributed by atoms with Crippen molar-refractivity contribution in [2.24, 2.45) is 0 Å². The maximum atomic E-state index is 3.49. The molecule has 0 amide bonds. The molecule has 1 unspecified atom stereocenters. The van der Waals surface area contributed by atoms with Crippen LogP contribution in [0.1, 0.15) is 6.42 Å². The number of nitrogens with one attached hydrogen (secondary N) is 2. The predicted molar refractivity (Wildman–Crippen MR) is 65.3 cm³/mol. The van der Waals surface area contributed by atoms with Crippen molar-refractivity contribution in [3.8, 4) is 0 Å². The quantitative estimate of drug-likeness (QED) is 0.580. The van der Waals surface area contributed by atoms with Crippen molar-refractivity contribution in [1.29, 1.82) is 0 Å². The van der Waals surface area contributed by atoms with Crippen LogP contribution in [0.2, 0.25) is 0 Å². The van der Waals surface area contributed by atoms with E-state index in [0.29, 0.717) is 6.04 Å². The van der Waals surface area contributed by atoms with Gasteiger partial charge in [-0.3, -0.25) is 0 Å². The first-order valence-electron chi connectivity index (χ1n) is 5.96. The molecule has 1 heterocycles. The Bertz CT molecular complexity index is 161. The molecule has 1 atom stereocenters. The molecular weight excluding hydrogens is 188 g/mol. The number of hydrogen-bond acceptors (Lipinski definition) is 4. The van der Waals surface area contributed by atoms with E-state index in [1.165, 1.54) is 13.0 Å². The first kappa shape index (κ1) is 12.9. The monoisotopic (exact) mass is 214 g/mol. The Morgan fingerprint density at radius 1 is 1.40 bits per heavy atom. The molecule has 0 radical (unpaired) electrons. The summed E-state index contributed by atoms with van der Waals surface area (Å²) in [5, 5.41) is 6.94. The molecule has 0 aliphatic carbocycles. The highest BCUT2D eigenvalue weighted by molar-refractivity contribution is 4.77. The van der Waals surface area contributed by atoms with Crippen LogP contribution in [-0.4, -0.2) is 76.3 Å². The van der Waals surface area contributed by atoms with Gasteiger partial charge in [-0.15, -0.1) is 0 Å². The van der Waals surface area contributed by atoms with E-state index in [0.717, 1.165) is 32.7 Å². The van der Waals surface area contributed by atoms with Crippen molar-refractivity contribution in [2.45, 2.75) is 12.5 Å². The zero-order chi connectivity index (χ0) is 11.1. The van der Waals surface area contributed by atoms with E-state index >= 15 is 0 Å². The number of hydrogen-bond donors (Lipinski definition) is 2. The standard InChI is InChI=1S/C11H26N4/c1-14(2)8-6-12-5-4-11-10-13-7-9-15(11)3/h11-13H,4-10H2,1-3H3. The first-order chi connectivity index (χ1) is 7.20. The second-order valence-electron chi connectivity index (χ2n) is 4.68. The van der Waals surface area contributed by atoms with Gasteiger partial charge in [0, 0.05) is 38.8 Å². The molecule has 2 N–H and O–H groups in total. The van der Waals surface area contributed by atoms with Gasteiger partial charge in [0.05, 0.1) is 0 Å². The van der Waals surface area contributed by atoms with Crippen molar-refractivity contribution in [3.63, 3.8) is 0 Å². The Labute approximate surface area is 94.0 Å². The zero-order valence-corrected chi connectivity index (χ0v) is 10.4. The molecule has 4 heteroatoms. The van der Waals surface area contributed by atoms with Crippen LogP contribution in [0.5, 0.6) is 0 Å². The van der Waals surface area contributed by atoms with Gasteiger partial charge in [-0.25, -0.2) is 0 Å². The van der Waals surface area contributed by atoms with Crippen LogP contribution in [0.15, 0.2) is 0 Å². The first-order valence-corrected chi connectivity index (χ1v) is 5.96. The van der Waals surface area contributed by atoms with Crippen LogP contribution in [0.3, 0.4) is 0 Å². The minimum absolute atomic E-state index is 0.714. The van der Waals surface area contributed by atoms with Crippen LogP contribution in [0, 0.1) is 0 Å². The summed E-state index contributed by atoms with van der Waals surface area (Å²) >= 11 is 0. The van der Waals surface area contributed by atoms with Crippen LogP contribution in [-0.2, 0) is 0 Å². The van der Waals surface area contributed by atoms with E-state index < -0.39 is 0 Å². The van der Waals surface area contributed by atoms with Crippen molar-refractivity contribution < 1.29 is 0 Å². The van der Waals surface area contributed by atoms with Gasteiger partial charge >= 0.3 is 0 Å². The summed E-state index contributed by atoms with van der Waals surface area (Å²) in [7, 11) is 6.45. The second-order valence-corrected chi connectivity index (χ2v) is 4.68. The Morgan fingerprint density at radius 3 is 2.87 bits per heavy atom. The van der Waals surface area contributed by atoms with Gasteiger partial charge in [0.2, 0.25) is 0 Å². The Balaban J connectivity index is 1.99. The molecule has 1 rings (SSSR count). The van der Waals surface area contributed by atoms with E-state index in [1.807, 2.05) is 0 Å². The topological polar surface area (TPSA) is 30.5 Å². The summed E-state index contributed by atoms with van der Waals surface area (Å²) in [4.78, 5) is 4.67. The lowest BCUT2D eigenvalue weighted by Gasteiger charge is -2.33. The Kier molecular flexibility index (Phi) is 6.17. The van der Waals surface area contributed by atoms with Crippen LogP contribution in [0.25, 0.3) is 0 Å². The largest absolute Gasteiger partial charge is 0.315 e. The smallest absolute Gasteiger partial charge is 0.0230 e. The summed E-state index contributed by atoms with van der Waals surface area (Å²) < 4.78 is 0. The van der Waals surface area contributed by atoms with E-state index in [-0.39, 0.29) is 0 Å². The summed E-state index contributed by atoms with van der Waals surface area (Å²) in [5.41, 5.74) is 0. The highest BCUT2D eigenvalue weighted by atomic mass is 15.2. The van der Waals surface area contributed by atoms with E-state index in [4.69, 9.17) is 0 Å². The van der Waals surface area contributed by atoms with E-state index in [9.17, 15) is 0 Å². The maximum Gasteiger partial charge on any atom is 0.0230 e. The summed E-state index contributed by atoms with van der Waals surface area (Å²) in [5.74, 6) is 0. The van der Waals surface area contributed by atoms with Gasteiger partial charge < -0.3 is 20.4 Å². The number of rotatable bonds is 6. The van der Waals surface area contributed by atoms with Crippen molar-refractivity contribution in [3.05, 3.63) is 0 Å².